The Kier molecular flexibility index (Phi) is 4.57. The van der Waals surface area contributed by atoms with Gasteiger partial charge in [0.05, 0.1) is 11.5 Å². The van der Waals surface area contributed by atoms with E-state index < -0.39 is 9.84 Å². The quantitative estimate of drug-likeness (QED) is 0.801. The molecular weight excluding hydrogens is 280 g/mol. The van der Waals surface area contributed by atoms with Crippen molar-refractivity contribution in [2.75, 3.05) is 17.4 Å². The van der Waals surface area contributed by atoms with Gasteiger partial charge in [-0.15, -0.1) is 11.6 Å². The van der Waals surface area contributed by atoms with Gasteiger partial charge in [0.15, 0.2) is 9.84 Å². The zero-order valence-corrected chi connectivity index (χ0v) is 13.1. The van der Waals surface area contributed by atoms with Crippen molar-refractivity contribution in [3.05, 3.63) is 34.9 Å². The Morgan fingerprint density at radius 1 is 1.32 bits per heavy atom. The SMILES string of the molecule is Cc1cccc(C)c1CC(CCl)C1CCS(=O)(=O)C1. The third kappa shape index (κ3) is 3.51. The fraction of sp³-hybridized carbons (Fsp3) is 0.600. The summed E-state index contributed by atoms with van der Waals surface area (Å²) in [5.41, 5.74) is 3.88. The summed E-state index contributed by atoms with van der Waals surface area (Å²) >= 11 is 6.10. The third-order valence-corrected chi connectivity index (χ3v) is 6.43. The molecule has 0 radical (unpaired) electrons. The molecule has 1 fully saturated rings. The number of hydrogen-bond donors (Lipinski definition) is 0. The first-order chi connectivity index (χ1) is 8.93. The van der Waals surface area contributed by atoms with Gasteiger partial charge in [0, 0.05) is 5.88 Å². The van der Waals surface area contributed by atoms with Crippen molar-refractivity contribution in [3.8, 4) is 0 Å². The summed E-state index contributed by atoms with van der Waals surface area (Å²) in [6, 6.07) is 6.28. The molecule has 0 bridgehead atoms. The van der Waals surface area contributed by atoms with E-state index in [4.69, 9.17) is 11.6 Å². The molecule has 106 valence electrons. The summed E-state index contributed by atoms with van der Waals surface area (Å²) in [6.45, 7) is 4.22. The second kappa shape index (κ2) is 5.84. The van der Waals surface area contributed by atoms with E-state index in [0.29, 0.717) is 17.4 Å². The Hall–Kier alpha value is -0.540. The Morgan fingerprint density at radius 3 is 2.42 bits per heavy atom. The van der Waals surface area contributed by atoms with E-state index in [9.17, 15) is 8.42 Å². The molecule has 1 heterocycles. The van der Waals surface area contributed by atoms with E-state index in [0.717, 1.165) is 12.8 Å². The van der Waals surface area contributed by atoms with Crippen molar-refractivity contribution >= 4 is 21.4 Å². The molecule has 2 rings (SSSR count). The topological polar surface area (TPSA) is 34.1 Å². The van der Waals surface area contributed by atoms with Crippen LogP contribution in [0.5, 0.6) is 0 Å². The highest BCUT2D eigenvalue weighted by Crippen LogP contribution is 2.31. The van der Waals surface area contributed by atoms with Gasteiger partial charge in [-0.25, -0.2) is 8.42 Å². The predicted octanol–water partition coefficient (Wildman–Crippen LogP) is 3.14. The average Bonchev–Trinajstić information content (AvgIpc) is 2.69. The van der Waals surface area contributed by atoms with E-state index in [1.165, 1.54) is 16.7 Å². The van der Waals surface area contributed by atoms with Gasteiger partial charge in [0.25, 0.3) is 0 Å². The number of halogens is 1. The number of aryl methyl sites for hydroxylation is 2. The lowest BCUT2D eigenvalue weighted by atomic mass is 9.85. The molecule has 2 nitrogen and oxygen atoms in total. The van der Waals surface area contributed by atoms with E-state index in [-0.39, 0.29) is 11.8 Å². The van der Waals surface area contributed by atoms with Crippen LogP contribution in [0.3, 0.4) is 0 Å². The van der Waals surface area contributed by atoms with Gasteiger partial charge in [-0.2, -0.15) is 0 Å². The van der Waals surface area contributed by atoms with Crippen molar-refractivity contribution in [1.82, 2.24) is 0 Å². The van der Waals surface area contributed by atoms with Gasteiger partial charge in [-0.05, 0) is 55.2 Å². The molecule has 0 aliphatic carbocycles. The van der Waals surface area contributed by atoms with Crippen LogP contribution in [-0.4, -0.2) is 25.8 Å². The van der Waals surface area contributed by atoms with Crippen LogP contribution in [0.15, 0.2) is 18.2 Å². The Morgan fingerprint density at radius 2 is 1.95 bits per heavy atom. The molecule has 0 saturated carbocycles. The normalized spacial score (nSPS) is 23.4. The van der Waals surface area contributed by atoms with Crippen LogP contribution in [-0.2, 0) is 16.3 Å². The van der Waals surface area contributed by atoms with E-state index in [2.05, 4.69) is 32.0 Å². The highest BCUT2D eigenvalue weighted by molar-refractivity contribution is 7.91. The fourth-order valence-corrected chi connectivity index (χ4v) is 5.26. The maximum Gasteiger partial charge on any atom is 0.150 e. The lowest BCUT2D eigenvalue weighted by Gasteiger charge is -2.22. The summed E-state index contributed by atoms with van der Waals surface area (Å²) in [4.78, 5) is 0. The molecule has 0 spiro atoms. The van der Waals surface area contributed by atoms with Crippen LogP contribution < -0.4 is 0 Å². The van der Waals surface area contributed by atoms with E-state index in [1.54, 1.807) is 0 Å². The summed E-state index contributed by atoms with van der Waals surface area (Å²) in [7, 11) is -2.82. The minimum atomic E-state index is -2.82. The summed E-state index contributed by atoms with van der Waals surface area (Å²) in [5, 5.41) is 0. The lowest BCUT2D eigenvalue weighted by molar-refractivity contribution is 0.397. The maximum absolute atomic E-state index is 11.6. The van der Waals surface area contributed by atoms with Crippen molar-refractivity contribution in [1.29, 1.82) is 0 Å². The van der Waals surface area contributed by atoms with Gasteiger partial charge in [0.2, 0.25) is 0 Å². The summed E-state index contributed by atoms with van der Waals surface area (Å²) in [6.07, 6.45) is 1.66. The van der Waals surface area contributed by atoms with Crippen molar-refractivity contribution < 1.29 is 8.42 Å². The monoisotopic (exact) mass is 300 g/mol. The van der Waals surface area contributed by atoms with Crippen LogP contribution in [0.1, 0.15) is 23.1 Å². The molecule has 0 aromatic heterocycles. The second-order valence-electron chi connectivity index (χ2n) is 5.65. The lowest BCUT2D eigenvalue weighted by Crippen LogP contribution is -2.21. The van der Waals surface area contributed by atoms with Crippen LogP contribution in [0.25, 0.3) is 0 Å². The molecule has 4 heteroatoms. The van der Waals surface area contributed by atoms with E-state index in [1.807, 2.05) is 0 Å². The summed E-state index contributed by atoms with van der Waals surface area (Å²) < 4.78 is 23.2. The van der Waals surface area contributed by atoms with Crippen molar-refractivity contribution in [2.24, 2.45) is 11.8 Å². The molecule has 1 aliphatic heterocycles. The molecule has 1 saturated heterocycles. The molecule has 1 aromatic rings. The zero-order chi connectivity index (χ0) is 14.0. The smallest absolute Gasteiger partial charge is 0.150 e. The average molecular weight is 301 g/mol. The molecule has 1 aromatic carbocycles. The molecule has 0 N–H and O–H groups in total. The highest BCUT2D eigenvalue weighted by atomic mass is 35.5. The first-order valence-corrected chi connectivity index (χ1v) is 9.10. The second-order valence-corrected chi connectivity index (χ2v) is 8.19. The van der Waals surface area contributed by atoms with Gasteiger partial charge < -0.3 is 0 Å². The Labute approximate surface area is 121 Å². The molecular formula is C15H21ClO2S. The number of hydrogen-bond acceptors (Lipinski definition) is 2. The van der Waals surface area contributed by atoms with Crippen molar-refractivity contribution in [2.45, 2.75) is 26.7 Å². The van der Waals surface area contributed by atoms with Crippen LogP contribution in [0.2, 0.25) is 0 Å². The fourth-order valence-electron chi connectivity index (χ4n) is 2.98. The number of alkyl halides is 1. The molecule has 1 aliphatic rings. The van der Waals surface area contributed by atoms with Crippen LogP contribution in [0.4, 0.5) is 0 Å². The number of rotatable bonds is 4. The molecule has 2 unspecified atom stereocenters. The van der Waals surface area contributed by atoms with Gasteiger partial charge in [-0.1, -0.05) is 18.2 Å². The maximum atomic E-state index is 11.6. The Balaban J connectivity index is 2.16. The largest absolute Gasteiger partial charge is 0.229 e. The van der Waals surface area contributed by atoms with Crippen LogP contribution in [0, 0.1) is 25.7 Å². The highest BCUT2D eigenvalue weighted by Gasteiger charge is 2.33. The van der Waals surface area contributed by atoms with Gasteiger partial charge in [0.1, 0.15) is 0 Å². The predicted molar refractivity (Wildman–Crippen MR) is 80.6 cm³/mol. The van der Waals surface area contributed by atoms with Gasteiger partial charge in [-0.3, -0.25) is 0 Å². The molecule has 0 amide bonds. The minimum absolute atomic E-state index is 0.224. The Bertz CT molecular complexity index is 531. The minimum Gasteiger partial charge on any atom is -0.229 e. The third-order valence-electron chi connectivity index (χ3n) is 4.24. The summed E-state index contributed by atoms with van der Waals surface area (Å²) in [5.74, 6) is 1.67. The van der Waals surface area contributed by atoms with Crippen LogP contribution >= 0.6 is 11.6 Å². The molecule has 2 atom stereocenters. The first-order valence-electron chi connectivity index (χ1n) is 6.74. The first kappa shape index (κ1) is 14.9. The number of sulfone groups is 1. The van der Waals surface area contributed by atoms with Gasteiger partial charge >= 0.3 is 0 Å². The zero-order valence-electron chi connectivity index (χ0n) is 11.5. The molecule has 19 heavy (non-hydrogen) atoms. The standard InChI is InChI=1S/C15H21ClO2S/c1-11-4-3-5-12(2)15(11)8-14(9-16)13-6-7-19(17,18)10-13/h3-5,13-14H,6-10H2,1-2H3. The van der Waals surface area contributed by atoms with Crippen molar-refractivity contribution in [3.63, 3.8) is 0 Å². The van der Waals surface area contributed by atoms with E-state index >= 15 is 0 Å². The number of benzene rings is 1.